The molecule has 1 fully saturated rings. The number of hydrogen-bond acceptors (Lipinski definition) is 3. The number of benzene rings is 1. The molecule has 0 bridgehead atoms. The van der Waals surface area contributed by atoms with Gasteiger partial charge in [0.25, 0.3) is 0 Å². The Labute approximate surface area is 117 Å². The van der Waals surface area contributed by atoms with Crippen molar-refractivity contribution < 1.29 is 4.39 Å². The van der Waals surface area contributed by atoms with E-state index in [9.17, 15) is 4.39 Å². The normalized spacial score (nSPS) is 15.2. The Morgan fingerprint density at radius 2 is 2.11 bits per heavy atom. The van der Waals surface area contributed by atoms with Crippen LogP contribution in [0.15, 0.2) is 24.3 Å². The second-order valence-corrected chi connectivity index (χ2v) is 6.32. The standard InChI is InChI=1S/C15H19FN2S/c16-12-2-5-15-11(8-12)9-14(19-15)10-17-6-1-7-18-13-3-4-13/h2,5,8-9,13,17-18H,1,3-4,6-7,10H2. The first-order valence-electron chi connectivity index (χ1n) is 6.93. The molecule has 2 N–H and O–H groups in total. The minimum Gasteiger partial charge on any atom is -0.314 e. The maximum absolute atomic E-state index is 13.1. The third kappa shape index (κ3) is 3.75. The molecule has 4 heteroatoms. The maximum atomic E-state index is 13.1. The molecule has 102 valence electrons. The first-order chi connectivity index (χ1) is 9.31. The summed E-state index contributed by atoms with van der Waals surface area (Å²) in [5, 5.41) is 7.96. The van der Waals surface area contributed by atoms with Crippen LogP contribution in [0.1, 0.15) is 24.1 Å². The minimum atomic E-state index is -0.157. The highest BCUT2D eigenvalue weighted by atomic mass is 32.1. The summed E-state index contributed by atoms with van der Waals surface area (Å²) in [5.74, 6) is -0.157. The quantitative estimate of drug-likeness (QED) is 0.760. The van der Waals surface area contributed by atoms with Gasteiger partial charge in [-0.2, -0.15) is 0 Å². The number of halogens is 1. The van der Waals surface area contributed by atoms with Gasteiger partial charge < -0.3 is 10.6 Å². The van der Waals surface area contributed by atoms with Crippen LogP contribution in [-0.4, -0.2) is 19.1 Å². The summed E-state index contributed by atoms with van der Waals surface area (Å²) in [4.78, 5) is 1.27. The van der Waals surface area contributed by atoms with Gasteiger partial charge in [0.2, 0.25) is 0 Å². The smallest absolute Gasteiger partial charge is 0.123 e. The van der Waals surface area contributed by atoms with Crippen molar-refractivity contribution in [3.63, 3.8) is 0 Å². The van der Waals surface area contributed by atoms with Crippen molar-refractivity contribution in [2.24, 2.45) is 0 Å². The Bertz CT molecular complexity index is 548. The van der Waals surface area contributed by atoms with E-state index in [-0.39, 0.29) is 5.82 Å². The fourth-order valence-corrected chi connectivity index (χ4v) is 3.19. The molecule has 0 unspecified atom stereocenters. The average molecular weight is 278 g/mol. The lowest BCUT2D eigenvalue weighted by atomic mass is 10.2. The first kappa shape index (κ1) is 13.0. The van der Waals surface area contributed by atoms with Crippen LogP contribution in [0.4, 0.5) is 4.39 Å². The van der Waals surface area contributed by atoms with E-state index < -0.39 is 0 Å². The summed E-state index contributed by atoms with van der Waals surface area (Å²) in [6.07, 6.45) is 3.87. The molecule has 2 aromatic rings. The van der Waals surface area contributed by atoms with Crippen LogP contribution in [0.3, 0.4) is 0 Å². The second-order valence-electron chi connectivity index (χ2n) is 5.15. The summed E-state index contributed by atoms with van der Waals surface area (Å²) in [6, 6.07) is 7.88. The van der Waals surface area contributed by atoms with Gasteiger partial charge in [-0.05, 0) is 62.0 Å². The number of rotatable bonds is 7. The van der Waals surface area contributed by atoms with Crippen molar-refractivity contribution in [3.8, 4) is 0 Å². The number of thiophene rings is 1. The van der Waals surface area contributed by atoms with E-state index >= 15 is 0 Å². The SMILES string of the molecule is Fc1ccc2sc(CNCCCNC3CC3)cc2c1. The van der Waals surface area contributed by atoms with Crippen LogP contribution < -0.4 is 10.6 Å². The largest absolute Gasteiger partial charge is 0.314 e. The lowest BCUT2D eigenvalue weighted by molar-refractivity contribution is 0.595. The monoisotopic (exact) mass is 278 g/mol. The molecule has 1 aromatic carbocycles. The molecule has 1 aliphatic rings. The summed E-state index contributed by atoms with van der Waals surface area (Å²) >= 11 is 1.74. The van der Waals surface area contributed by atoms with Gasteiger partial charge in [0, 0.05) is 22.2 Å². The van der Waals surface area contributed by atoms with Gasteiger partial charge in [0.15, 0.2) is 0 Å². The van der Waals surface area contributed by atoms with Crippen LogP contribution >= 0.6 is 11.3 Å². The fraction of sp³-hybridized carbons (Fsp3) is 0.467. The Hall–Kier alpha value is -0.970. The van der Waals surface area contributed by atoms with Crippen molar-refractivity contribution >= 4 is 21.4 Å². The Kier molecular flexibility index (Phi) is 4.11. The van der Waals surface area contributed by atoms with Gasteiger partial charge in [-0.15, -0.1) is 11.3 Å². The number of nitrogens with one attached hydrogen (secondary N) is 2. The molecule has 1 aromatic heterocycles. The fourth-order valence-electron chi connectivity index (χ4n) is 2.17. The molecule has 0 radical (unpaired) electrons. The second kappa shape index (κ2) is 5.99. The Balaban J connectivity index is 1.42. The van der Waals surface area contributed by atoms with Gasteiger partial charge in [0.1, 0.15) is 5.82 Å². The molecule has 0 atom stereocenters. The van der Waals surface area contributed by atoms with Crippen LogP contribution in [-0.2, 0) is 6.54 Å². The van der Waals surface area contributed by atoms with Crippen molar-refractivity contribution in [2.75, 3.05) is 13.1 Å². The number of fused-ring (bicyclic) bond motifs is 1. The van der Waals surface area contributed by atoms with Crippen LogP contribution in [0.5, 0.6) is 0 Å². The summed E-state index contributed by atoms with van der Waals surface area (Å²) in [6.45, 7) is 3.02. The number of hydrogen-bond donors (Lipinski definition) is 2. The molecule has 1 heterocycles. The van der Waals surface area contributed by atoms with Gasteiger partial charge in [-0.3, -0.25) is 0 Å². The van der Waals surface area contributed by atoms with E-state index in [1.54, 1.807) is 17.4 Å². The van der Waals surface area contributed by atoms with Crippen molar-refractivity contribution in [1.82, 2.24) is 10.6 Å². The highest BCUT2D eigenvalue weighted by Gasteiger charge is 2.19. The zero-order valence-electron chi connectivity index (χ0n) is 10.9. The maximum Gasteiger partial charge on any atom is 0.123 e. The highest BCUT2D eigenvalue weighted by Crippen LogP contribution is 2.26. The van der Waals surface area contributed by atoms with Gasteiger partial charge in [0.05, 0.1) is 0 Å². The lowest BCUT2D eigenvalue weighted by Gasteiger charge is -2.03. The van der Waals surface area contributed by atoms with Crippen LogP contribution in [0, 0.1) is 5.82 Å². The van der Waals surface area contributed by atoms with E-state index in [2.05, 4.69) is 16.7 Å². The van der Waals surface area contributed by atoms with Crippen LogP contribution in [0.2, 0.25) is 0 Å². The highest BCUT2D eigenvalue weighted by molar-refractivity contribution is 7.19. The van der Waals surface area contributed by atoms with Gasteiger partial charge >= 0.3 is 0 Å². The third-order valence-corrected chi connectivity index (χ3v) is 4.49. The first-order valence-corrected chi connectivity index (χ1v) is 7.75. The van der Waals surface area contributed by atoms with Crippen LogP contribution in [0.25, 0.3) is 10.1 Å². The predicted octanol–water partition coefficient (Wildman–Crippen LogP) is 3.27. The molecular weight excluding hydrogens is 259 g/mol. The molecule has 0 amide bonds. The molecule has 0 spiro atoms. The zero-order valence-corrected chi connectivity index (χ0v) is 11.7. The van der Waals surface area contributed by atoms with E-state index in [1.165, 1.54) is 23.8 Å². The zero-order chi connectivity index (χ0) is 13.1. The molecule has 2 nitrogen and oxygen atoms in total. The summed E-state index contributed by atoms with van der Waals surface area (Å²) in [5.41, 5.74) is 0. The lowest BCUT2D eigenvalue weighted by Crippen LogP contribution is -2.22. The minimum absolute atomic E-state index is 0.157. The summed E-state index contributed by atoms with van der Waals surface area (Å²) in [7, 11) is 0. The molecule has 0 saturated heterocycles. The molecule has 1 saturated carbocycles. The van der Waals surface area contributed by atoms with E-state index in [0.29, 0.717) is 0 Å². The Morgan fingerprint density at radius 3 is 2.95 bits per heavy atom. The van der Waals surface area contributed by atoms with E-state index in [1.807, 2.05) is 6.07 Å². The summed E-state index contributed by atoms with van der Waals surface area (Å²) < 4.78 is 14.3. The van der Waals surface area contributed by atoms with Crippen molar-refractivity contribution in [2.45, 2.75) is 31.8 Å². The Morgan fingerprint density at radius 1 is 1.21 bits per heavy atom. The van der Waals surface area contributed by atoms with Gasteiger partial charge in [-0.1, -0.05) is 0 Å². The van der Waals surface area contributed by atoms with E-state index in [0.717, 1.165) is 42.2 Å². The van der Waals surface area contributed by atoms with Gasteiger partial charge in [-0.25, -0.2) is 4.39 Å². The van der Waals surface area contributed by atoms with E-state index in [4.69, 9.17) is 0 Å². The topological polar surface area (TPSA) is 24.1 Å². The molecule has 19 heavy (non-hydrogen) atoms. The average Bonchev–Trinajstić information content (AvgIpc) is 3.13. The molecule has 1 aliphatic carbocycles. The van der Waals surface area contributed by atoms with Crippen molar-refractivity contribution in [1.29, 1.82) is 0 Å². The predicted molar refractivity (Wildman–Crippen MR) is 79.1 cm³/mol. The third-order valence-electron chi connectivity index (χ3n) is 3.37. The molecule has 0 aliphatic heterocycles. The molecular formula is C15H19FN2S. The molecule has 3 rings (SSSR count). The van der Waals surface area contributed by atoms with Crippen molar-refractivity contribution in [3.05, 3.63) is 35.0 Å².